The van der Waals surface area contributed by atoms with Crippen LogP contribution in [-0.4, -0.2) is 18.9 Å². The van der Waals surface area contributed by atoms with Crippen LogP contribution in [0.4, 0.5) is 0 Å². The van der Waals surface area contributed by atoms with Crippen molar-refractivity contribution in [2.24, 2.45) is 5.10 Å². The second-order valence-electron chi connectivity index (χ2n) is 6.89. The molecule has 4 rings (SSSR count). The lowest BCUT2D eigenvalue weighted by Gasteiger charge is -2.11. The van der Waals surface area contributed by atoms with Crippen molar-refractivity contribution < 1.29 is 19.0 Å². The summed E-state index contributed by atoms with van der Waals surface area (Å²) in [5, 5.41) is 4.06. The van der Waals surface area contributed by atoms with Crippen molar-refractivity contribution in [1.29, 1.82) is 0 Å². The molecule has 0 aromatic heterocycles. The molecule has 1 amide bonds. The van der Waals surface area contributed by atoms with Gasteiger partial charge in [0.2, 0.25) is 12.7 Å². The first-order chi connectivity index (χ1) is 15.5. The molecule has 0 unspecified atom stereocenters. The molecule has 0 fully saturated rings. The predicted octanol–water partition coefficient (Wildman–Crippen LogP) is 5.97. The Morgan fingerprint density at radius 1 is 0.969 bits per heavy atom. The zero-order valence-electron chi connectivity index (χ0n) is 16.6. The van der Waals surface area contributed by atoms with Gasteiger partial charge in [-0.1, -0.05) is 34.1 Å². The van der Waals surface area contributed by atoms with Crippen molar-refractivity contribution in [2.75, 3.05) is 6.79 Å². The maximum absolute atomic E-state index is 12.2. The summed E-state index contributed by atoms with van der Waals surface area (Å²) >= 11 is 10.5. The number of rotatable bonds is 7. The van der Waals surface area contributed by atoms with E-state index in [0.717, 1.165) is 30.1 Å². The predicted molar refractivity (Wildman–Crippen MR) is 132 cm³/mol. The van der Waals surface area contributed by atoms with Crippen molar-refractivity contribution in [1.82, 2.24) is 5.43 Å². The molecule has 0 atom stereocenters. The van der Waals surface area contributed by atoms with Crippen LogP contribution < -0.4 is 19.6 Å². The summed E-state index contributed by atoms with van der Waals surface area (Å²) in [5.41, 5.74) is 5.22. The number of carbonyl (C=O) groups excluding carboxylic acids is 1. The molecule has 1 aliphatic heterocycles. The number of carbonyl (C=O) groups is 1. The summed E-state index contributed by atoms with van der Waals surface area (Å²) in [7, 11) is 0. The van der Waals surface area contributed by atoms with Gasteiger partial charge in [0, 0.05) is 4.47 Å². The summed E-state index contributed by atoms with van der Waals surface area (Å²) < 4.78 is 19.1. The summed E-state index contributed by atoms with van der Waals surface area (Å²) in [6.45, 7) is 0.641. The maximum Gasteiger partial charge on any atom is 0.244 e. The first-order valence-corrected chi connectivity index (χ1v) is 11.9. The van der Waals surface area contributed by atoms with Crippen LogP contribution in [-0.2, 0) is 17.8 Å². The minimum atomic E-state index is -0.229. The van der Waals surface area contributed by atoms with Crippen LogP contribution in [0.5, 0.6) is 17.2 Å². The highest BCUT2D eigenvalue weighted by atomic mass is 79.9. The zero-order chi connectivity index (χ0) is 22.5. The normalized spacial score (nSPS) is 12.2. The molecule has 1 N–H and O–H groups in total. The summed E-state index contributed by atoms with van der Waals surface area (Å²) in [5.74, 6) is 1.80. The minimum Gasteiger partial charge on any atom is -0.487 e. The Bertz CT molecular complexity index is 1140. The number of halogens is 3. The van der Waals surface area contributed by atoms with Crippen LogP contribution in [0.2, 0.25) is 0 Å². The molecule has 3 aromatic rings. The Kier molecular flexibility index (Phi) is 7.49. The molecule has 3 aromatic carbocycles. The first kappa shape index (κ1) is 22.8. The molecular formula is C23H17Br3N2O4. The van der Waals surface area contributed by atoms with E-state index in [1.165, 1.54) is 0 Å². The summed E-state index contributed by atoms with van der Waals surface area (Å²) in [6.07, 6.45) is 1.76. The largest absolute Gasteiger partial charge is 0.487 e. The molecule has 0 saturated carbocycles. The number of hydrogen-bond donors (Lipinski definition) is 1. The van der Waals surface area contributed by atoms with E-state index in [1.54, 1.807) is 18.3 Å². The van der Waals surface area contributed by atoms with E-state index in [4.69, 9.17) is 14.2 Å². The Balaban J connectivity index is 1.33. The van der Waals surface area contributed by atoms with Crippen molar-refractivity contribution in [2.45, 2.75) is 13.0 Å². The third-order valence-corrected chi connectivity index (χ3v) is 6.23. The number of hydrazone groups is 1. The van der Waals surface area contributed by atoms with Crippen LogP contribution >= 0.6 is 47.8 Å². The number of amides is 1. The topological polar surface area (TPSA) is 69.2 Å². The highest BCUT2D eigenvalue weighted by Gasteiger charge is 2.14. The summed E-state index contributed by atoms with van der Waals surface area (Å²) in [6, 6.07) is 17.1. The van der Waals surface area contributed by atoms with E-state index >= 15 is 0 Å². The molecule has 32 heavy (non-hydrogen) atoms. The van der Waals surface area contributed by atoms with Gasteiger partial charge in [-0.05, 0) is 84.9 Å². The van der Waals surface area contributed by atoms with Gasteiger partial charge in [0.05, 0.1) is 21.6 Å². The lowest BCUT2D eigenvalue weighted by molar-refractivity contribution is -0.120. The quantitative estimate of drug-likeness (QED) is 0.260. The molecule has 0 saturated heterocycles. The van der Waals surface area contributed by atoms with Gasteiger partial charge in [0.15, 0.2) is 11.5 Å². The monoisotopic (exact) mass is 622 g/mol. The third-order valence-electron chi connectivity index (χ3n) is 4.52. The highest BCUT2D eigenvalue weighted by molar-refractivity contribution is 9.11. The molecule has 0 aliphatic carbocycles. The second-order valence-corrected chi connectivity index (χ2v) is 9.51. The fourth-order valence-corrected chi connectivity index (χ4v) is 4.70. The van der Waals surface area contributed by atoms with Gasteiger partial charge in [-0.25, -0.2) is 5.43 Å². The van der Waals surface area contributed by atoms with Crippen LogP contribution in [0, 0.1) is 0 Å². The van der Waals surface area contributed by atoms with Gasteiger partial charge in [-0.3, -0.25) is 4.79 Å². The standard InChI is InChI=1S/C23H17Br3N2O4/c24-17-4-1-14(2-5-17)12-30-23-18(25)7-16(8-19(23)26)11-27-28-22(29)10-15-3-6-20-21(9-15)32-13-31-20/h1-9,11H,10,12-13H2,(H,28,29)/b27-11-. The molecule has 0 spiro atoms. The second kappa shape index (κ2) is 10.5. The van der Waals surface area contributed by atoms with E-state index in [2.05, 4.69) is 58.3 Å². The first-order valence-electron chi connectivity index (χ1n) is 9.54. The molecule has 9 heteroatoms. The van der Waals surface area contributed by atoms with E-state index in [0.29, 0.717) is 23.9 Å². The lowest BCUT2D eigenvalue weighted by atomic mass is 10.1. The number of fused-ring (bicyclic) bond motifs is 1. The van der Waals surface area contributed by atoms with Gasteiger partial charge < -0.3 is 14.2 Å². The van der Waals surface area contributed by atoms with Crippen LogP contribution in [0.15, 0.2) is 73.1 Å². The Hall–Kier alpha value is -2.36. The van der Waals surface area contributed by atoms with Crippen molar-refractivity contribution in [3.8, 4) is 17.2 Å². The molecule has 164 valence electrons. The maximum atomic E-state index is 12.2. The Morgan fingerprint density at radius 3 is 2.41 bits per heavy atom. The van der Waals surface area contributed by atoms with Gasteiger partial charge in [-0.15, -0.1) is 0 Å². The van der Waals surface area contributed by atoms with E-state index in [-0.39, 0.29) is 19.1 Å². The average molecular weight is 625 g/mol. The van der Waals surface area contributed by atoms with Crippen LogP contribution in [0.1, 0.15) is 16.7 Å². The molecule has 1 heterocycles. The Morgan fingerprint density at radius 2 is 1.66 bits per heavy atom. The third kappa shape index (κ3) is 5.90. The SMILES string of the molecule is O=C(Cc1ccc2c(c1)OCO2)N/N=C\c1cc(Br)c(OCc2ccc(Br)cc2)c(Br)c1. The minimum absolute atomic E-state index is 0.185. The van der Waals surface area contributed by atoms with E-state index < -0.39 is 0 Å². The van der Waals surface area contributed by atoms with Gasteiger partial charge in [0.25, 0.3) is 0 Å². The summed E-state index contributed by atoms with van der Waals surface area (Å²) in [4.78, 5) is 12.2. The van der Waals surface area contributed by atoms with E-state index in [9.17, 15) is 4.79 Å². The van der Waals surface area contributed by atoms with Gasteiger partial charge in [-0.2, -0.15) is 5.10 Å². The molecular weight excluding hydrogens is 608 g/mol. The Labute approximate surface area is 210 Å². The number of hydrogen-bond acceptors (Lipinski definition) is 5. The lowest BCUT2D eigenvalue weighted by Crippen LogP contribution is -2.19. The van der Waals surface area contributed by atoms with Crippen LogP contribution in [0.3, 0.4) is 0 Å². The molecule has 1 aliphatic rings. The molecule has 6 nitrogen and oxygen atoms in total. The zero-order valence-corrected chi connectivity index (χ0v) is 21.4. The molecule has 0 bridgehead atoms. The van der Waals surface area contributed by atoms with Crippen molar-refractivity contribution in [3.63, 3.8) is 0 Å². The number of nitrogens with zero attached hydrogens (tertiary/aromatic N) is 1. The van der Waals surface area contributed by atoms with Gasteiger partial charge in [0.1, 0.15) is 12.4 Å². The highest BCUT2D eigenvalue weighted by Crippen LogP contribution is 2.35. The van der Waals surface area contributed by atoms with Crippen molar-refractivity contribution >= 4 is 59.9 Å². The number of nitrogens with one attached hydrogen (secondary N) is 1. The van der Waals surface area contributed by atoms with E-state index in [1.807, 2.05) is 42.5 Å². The fourth-order valence-electron chi connectivity index (χ4n) is 2.98. The van der Waals surface area contributed by atoms with Gasteiger partial charge >= 0.3 is 0 Å². The number of ether oxygens (including phenoxy) is 3. The van der Waals surface area contributed by atoms with Crippen molar-refractivity contribution in [3.05, 3.63) is 84.7 Å². The average Bonchev–Trinajstić information content (AvgIpc) is 3.22. The smallest absolute Gasteiger partial charge is 0.244 e. The number of benzene rings is 3. The fraction of sp³-hybridized carbons (Fsp3) is 0.130. The van der Waals surface area contributed by atoms with Crippen LogP contribution in [0.25, 0.3) is 0 Å². The molecule has 0 radical (unpaired) electrons.